The minimum atomic E-state index is 1.27. The molecule has 0 nitrogen and oxygen atoms in total. The van der Waals surface area contributed by atoms with Crippen LogP contribution in [0.15, 0.2) is 109 Å². The second-order valence-electron chi connectivity index (χ2n) is 10.7. The first-order valence-corrected chi connectivity index (χ1v) is 13.4. The van der Waals surface area contributed by atoms with Crippen LogP contribution >= 0.6 is 0 Å². The Kier molecular flexibility index (Phi) is 4.46. The summed E-state index contributed by atoms with van der Waals surface area (Å²) >= 11 is 0. The molecule has 0 aromatic heterocycles. The Morgan fingerprint density at radius 2 is 0.789 bits per heavy atom. The van der Waals surface area contributed by atoms with E-state index >= 15 is 0 Å². The predicted octanol–water partition coefficient (Wildman–Crippen LogP) is 8.55. The highest BCUT2D eigenvalue weighted by molar-refractivity contribution is 6.18. The van der Waals surface area contributed by atoms with Crippen molar-refractivity contribution in [3.05, 3.63) is 142 Å². The van der Waals surface area contributed by atoms with Crippen LogP contribution in [-0.2, 0) is 0 Å². The Labute approximate surface area is 221 Å². The second kappa shape index (κ2) is 7.91. The van der Waals surface area contributed by atoms with Gasteiger partial charge >= 0.3 is 0 Å². The van der Waals surface area contributed by atoms with Gasteiger partial charge in [0.05, 0.1) is 0 Å². The number of hydrogen-bond acceptors (Lipinski definition) is 0. The zero-order chi connectivity index (χ0) is 25.4. The molecule has 0 amide bonds. The quantitative estimate of drug-likeness (QED) is 0.237. The summed E-state index contributed by atoms with van der Waals surface area (Å²) in [6.45, 7) is 4.45. The Hall–Kier alpha value is -4.68. The fourth-order valence-corrected chi connectivity index (χ4v) is 6.40. The van der Waals surface area contributed by atoms with E-state index in [0.29, 0.717) is 0 Å². The van der Waals surface area contributed by atoms with Crippen LogP contribution in [0.1, 0.15) is 22.3 Å². The van der Waals surface area contributed by atoms with E-state index in [2.05, 4.69) is 135 Å². The maximum absolute atomic E-state index is 2.35. The maximum atomic E-state index is 2.35. The molecule has 0 radical (unpaired) electrons. The molecule has 8 rings (SSSR count). The third kappa shape index (κ3) is 3.04. The molecule has 8 aromatic carbocycles. The number of aryl methyl sites for hydroxylation is 2. The van der Waals surface area contributed by atoms with E-state index in [1.165, 1.54) is 86.9 Å². The predicted molar refractivity (Wildman–Crippen MR) is 164 cm³/mol. The van der Waals surface area contributed by atoms with Crippen molar-refractivity contribution in [1.82, 2.24) is 0 Å². The van der Waals surface area contributed by atoms with E-state index in [-0.39, 0.29) is 0 Å². The largest absolute Gasteiger partial charge is 0.0610 e. The summed E-state index contributed by atoms with van der Waals surface area (Å²) in [7, 11) is 0. The van der Waals surface area contributed by atoms with Gasteiger partial charge in [-0.2, -0.15) is 0 Å². The monoisotopic (exact) mass is 482 g/mol. The summed E-state index contributed by atoms with van der Waals surface area (Å²) in [5.41, 5.74) is 7.70. The van der Waals surface area contributed by atoms with Crippen LogP contribution in [0, 0.1) is 13.8 Å². The first-order valence-electron chi connectivity index (χ1n) is 13.4. The Morgan fingerprint density at radius 1 is 0.421 bits per heavy atom. The summed E-state index contributed by atoms with van der Waals surface area (Å²) < 4.78 is 0. The van der Waals surface area contributed by atoms with Gasteiger partial charge in [0.25, 0.3) is 0 Å². The number of benzene rings is 6. The summed E-state index contributed by atoms with van der Waals surface area (Å²) in [4.78, 5) is 0. The van der Waals surface area contributed by atoms with Gasteiger partial charge in [0.2, 0.25) is 0 Å². The molecule has 0 aliphatic heterocycles. The van der Waals surface area contributed by atoms with Crippen LogP contribution in [0.25, 0.3) is 66.4 Å². The molecule has 0 N–H and O–H groups in total. The van der Waals surface area contributed by atoms with E-state index in [1.807, 2.05) is 0 Å². The maximum Gasteiger partial charge on any atom is -0.00264 e. The topological polar surface area (TPSA) is 0 Å². The Morgan fingerprint density at radius 3 is 1.13 bits per heavy atom. The summed E-state index contributed by atoms with van der Waals surface area (Å²) in [6.07, 6.45) is 4.71. The van der Waals surface area contributed by atoms with Gasteiger partial charge in [-0.05, 0) is 113 Å². The first-order chi connectivity index (χ1) is 18.7. The van der Waals surface area contributed by atoms with Crippen molar-refractivity contribution < 1.29 is 0 Å². The second-order valence-corrected chi connectivity index (χ2v) is 10.7. The third-order valence-electron chi connectivity index (χ3n) is 8.44. The van der Waals surface area contributed by atoms with Gasteiger partial charge in [-0.25, -0.2) is 0 Å². The van der Waals surface area contributed by atoms with Gasteiger partial charge in [0.15, 0.2) is 0 Å². The lowest BCUT2D eigenvalue weighted by Crippen LogP contribution is -2.11. The molecular weight excluding hydrogens is 456 g/mol. The fraction of sp³-hybridized carbons (Fsp3) is 0.0526. The lowest BCUT2D eigenvalue weighted by atomic mass is 9.90. The van der Waals surface area contributed by atoms with Gasteiger partial charge in [-0.1, -0.05) is 109 Å². The molecule has 0 aliphatic rings. The lowest BCUT2D eigenvalue weighted by Gasteiger charge is -2.14. The van der Waals surface area contributed by atoms with Crippen molar-refractivity contribution in [1.29, 1.82) is 0 Å². The van der Waals surface area contributed by atoms with Gasteiger partial charge in [0, 0.05) is 0 Å². The van der Waals surface area contributed by atoms with Crippen molar-refractivity contribution >= 4 is 55.2 Å². The molecule has 0 heterocycles. The average molecular weight is 483 g/mol. The summed E-state index contributed by atoms with van der Waals surface area (Å²) in [6, 6.07) is 40.2. The van der Waals surface area contributed by atoms with E-state index in [9.17, 15) is 0 Å². The molecule has 38 heavy (non-hydrogen) atoms. The van der Waals surface area contributed by atoms with E-state index in [0.717, 1.165) is 0 Å². The van der Waals surface area contributed by atoms with Crippen molar-refractivity contribution in [2.24, 2.45) is 0 Å². The molecule has 0 spiro atoms. The highest BCUT2D eigenvalue weighted by Gasteiger charge is 2.12. The standard InChI is InChI=1S/C38H26/c1-23-19-29(17-15-27(23)21-35-31-11-3-7-25-8-4-12-32(35)37(25)31)30-18-16-28(24(2)20-30)22-36-33-13-5-9-26-10-6-14-34(36)38(26)33/h3-22H,1-2H3. The first kappa shape index (κ1) is 21.4. The molecule has 0 saturated heterocycles. The Bertz CT molecular complexity index is 1990. The molecule has 0 heteroatoms. The smallest absolute Gasteiger partial charge is 0.00264 e. The molecule has 0 bridgehead atoms. The van der Waals surface area contributed by atoms with Crippen LogP contribution in [0.3, 0.4) is 0 Å². The molecule has 0 aliphatic carbocycles. The SMILES string of the molecule is Cc1cc(-c2ccc(C=c3c4cccc5cccc3c54)c(C)c2)ccc1C=c1c2cccc3cccc1c32. The minimum Gasteiger partial charge on any atom is -0.0610 e. The summed E-state index contributed by atoms with van der Waals surface area (Å²) in [5, 5.41) is 13.6. The van der Waals surface area contributed by atoms with Gasteiger partial charge in [0.1, 0.15) is 0 Å². The highest BCUT2D eigenvalue weighted by atomic mass is 14.2. The molecule has 178 valence electrons. The van der Waals surface area contributed by atoms with Crippen LogP contribution in [0.4, 0.5) is 0 Å². The number of rotatable bonds is 3. The molecule has 0 atom stereocenters. The Balaban J connectivity index is 1.16. The van der Waals surface area contributed by atoms with Gasteiger partial charge < -0.3 is 0 Å². The minimum absolute atomic E-state index is 1.27. The van der Waals surface area contributed by atoms with Crippen LogP contribution < -0.4 is 10.4 Å². The summed E-state index contributed by atoms with van der Waals surface area (Å²) in [5.74, 6) is 0. The molecule has 0 unspecified atom stereocenters. The zero-order valence-electron chi connectivity index (χ0n) is 21.5. The van der Waals surface area contributed by atoms with Crippen molar-refractivity contribution in [3.8, 4) is 11.1 Å². The van der Waals surface area contributed by atoms with Crippen LogP contribution in [0.2, 0.25) is 0 Å². The van der Waals surface area contributed by atoms with Crippen LogP contribution in [0.5, 0.6) is 0 Å². The molecule has 0 fully saturated rings. The third-order valence-corrected chi connectivity index (χ3v) is 8.44. The van der Waals surface area contributed by atoms with Crippen LogP contribution in [-0.4, -0.2) is 0 Å². The van der Waals surface area contributed by atoms with Crippen molar-refractivity contribution in [3.63, 3.8) is 0 Å². The highest BCUT2D eigenvalue weighted by Crippen LogP contribution is 2.30. The van der Waals surface area contributed by atoms with E-state index in [4.69, 9.17) is 0 Å². The van der Waals surface area contributed by atoms with E-state index < -0.39 is 0 Å². The van der Waals surface area contributed by atoms with Crippen molar-refractivity contribution in [2.75, 3.05) is 0 Å². The van der Waals surface area contributed by atoms with Gasteiger partial charge in [-0.15, -0.1) is 0 Å². The molecular formula is C38H26. The normalized spacial score (nSPS) is 11.9. The van der Waals surface area contributed by atoms with Crippen molar-refractivity contribution in [2.45, 2.75) is 13.8 Å². The van der Waals surface area contributed by atoms with E-state index in [1.54, 1.807) is 0 Å². The lowest BCUT2D eigenvalue weighted by molar-refractivity contribution is 1.41. The molecule has 8 aromatic rings. The zero-order valence-corrected chi connectivity index (χ0v) is 21.5. The average Bonchev–Trinajstić information content (AvgIpc) is 2.94. The fourth-order valence-electron chi connectivity index (χ4n) is 6.40. The number of hydrogen-bond donors (Lipinski definition) is 0. The molecule has 0 saturated carbocycles. The van der Waals surface area contributed by atoms with Gasteiger partial charge in [-0.3, -0.25) is 0 Å².